The van der Waals surface area contributed by atoms with Crippen LogP contribution in [0, 0.1) is 0 Å². The Labute approximate surface area is 171 Å². The fourth-order valence-electron chi connectivity index (χ4n) is 3.06. The van der Waals surface area contributed by atoms with Crippen molar-refractivity contribution in [2.45, 2.75) is 25.8 Å². The molecule has 3 rings (SSSR count). The minimum Gasteiger partial charge on any atom is -0.497 e. The van der Waals surface area contributed by atoms with Crippen LogP contribution in [0.15, 0.2) is 79.1 Å². The highest BCUT2D eigenvalue weighted by molar-refractivity contribution is 5.97. The number of hydrogen-bond acceptors (Lipinski definition) is 4. The molecule has 3 aromatic rings. The van der Waals surface area contributed by atoms with Crippen LogP contribution in [-0.2, 0) is 11.3 Å². The topological polar surface area (TPSA) is 59.5 Å². The number of para-hydroxylation sites is 1. The summed E-state index contributed by atoms with van der Waals surface area (Å²) in [5.41, 5.74) is 2.43. The number of hydrogen-bond donors (Lipinski definition) is 0. The predicted octanol–water partition coefficient (Wildman–Crippen LogP) is 4.68. The first-order valence-corrected chi connectivity index (χ1v) is 9.59. The van der Waals surface area contributed by atoms with Crippen molar-refractivity contribution in [1.29, 1.82) is 0 Å². The lowest BCUT2D eigenvalue weighted by atomic mass is 10.0. The van der Waals surface area contributed by atoms with Gasteiger partial charge in [0.25, 0.3) is 0 Å². The molecule has 1 aromatic heterocycles. The number of nitrogens with zero attached hydrogens (tertiary/aromatic N) is 2. The third-order valence-electron chi connectivity index (χ3n) is 4.64. The quantitative estimate of drug-likeness (QED) is 0.500. The van der Waals surface area contributed by atoms with Crippen LogP contribution in [0.25, 0.3) is 0 Å². The molecule has 0 aliphatic heterocycles. The van der Waals surface area contributed by atoms with Crippen LogP contribution in [-0.4, -0.2) is 23.8 Å². The molecule has 0 aliphatic rings. The van der Waals surface area contributed by atoms with Gasteiger partial charge in [0.1, 0.15) is 5.75 Å². The molecule has 2 aromatic carbocycles. The van der Waals surface area contributed by atoms with Crippen molar-refractivity contribution in [1.82, 2.24) is 4.98 Å². The number of carbonyl (C=O) groups is 2. The summed E-state index contributed by atoms with van der Waals surface area (Å²) in [5, 5.41) is 0. The Kier molecular flexibility index (Phi) is 7.11. The molecule has 0 unspecified atom stereocenters. The summed E-state index contributed by atoms with van der Waals surface area (Å²) in [7, 11) is 1.59. The van der Waals surface area contributed by atoms with E-state index in [-0.39, 0.29) is 11.7 Å². The zero-order valence-corrected chi connectivity index (χ0v) is 16.5. The van der Waals surface area contributed by atoms with Gasteiger partial charge >= 0.3 is 0 Å². The van der Waals surface area contributed by atoms with Crippen molar-refractivity contribution >= 4 is 17.4 Å². The van der Waals surface area contributed by atoms with Crippen molar-refractivity contribution in [2.24, 2.45) is 0 Å². The minimum absolute atomic E-state index is 0.0115. The van der Waals surface area contributed by atoms with Crippen LogP contribution in [0.3, 0.4) is 0 Å². The van der Waals surface area contributed by atoms with E-state index in [1.165, 1.54) is 0 Å². The van der Waals surface area contributed by atoms with Gasteiger partial charge in [-0.3, -0.25) is 14.6 Å². The van der Waals surface area contributed by atoms with Gasteiger partial charge in [-0.2, -0.15) is 0 Å². The third-order valence-corrected chi connectivity index (χ3v) is 4.64. The minimum atomic E-state index is -0.0115. The summed E-state index contributed by atoms with van der Waals surface area (Å²) in [5.74, 6) is 0.729. The molecule has 29 heavy (non-hydrogen) atoms. The molecular weight excluding hydrogens is 364 g/mol. The van der Waals surface area contributed by atoms with Crippen LogP contribution >= 0.6 is 0 Å². The van der Waals surface area contributed by atoms with E-state index in [9.17, 15) is 9.59 Å². The first kappa shape index (κ1) is 20.3. The number of ether oxygens (including phenoxy) is 1. The number of pyridine rings is 1. The Morgan fingerprint density at radius 1 is 0.931 bits per heavy atom. The molecule has 0 aliphatic carbocycles. The summed E-state index contributed by atoms with van der Waals surface area (Å²) >= 11 is 0. The van der Waals surface area contributed by atoms with Gasteiger partial charge in [0.2, 0.25) is 5.91 Å². The average Bonchev–Trinajstić information content (AvgIpc) is 2.78. The van der Waals surface area contributed by atoms with Crippen molar-refractivity contribution < 1.29 is 14.3 Å². The molecule has 0 fully saturated rings. The van der Waals surface area contributed by atoms with Gasteiger partial charge in [-0.25, -0.2) is 0 Å². The van der Waals surface area contributed by atoms with Gasteiger partial charge in [-0.1, -0.05) is 24.3 Å². The second-order valence-electron chi connectivity index (χ2n) is 6.68. The molecule has 5 nitrogen and oxygen atoms in total. The smallest absolute Gasteiger partial charge is 0.227 e. The van der Waals surface area contributed by atoms with Crippen molar-refractivity contribution in [3.8, 4) is 5.75 Å². The molecule has 0 N–H and O–H groups in total. The molecular formula is C24H24N2O3. The second kappa shape index (κ2) is 10.2. The summed E-state index contributed by atoms with van der Waals surface area (Å²) in [6, 6.07) is 20.4. The number of aromatic nitrogens is 1. The van der Waals surface area contributed by atoms with E-state index in [1.54, 1.807) is 48.7 Å². The molecule has 0 bridgehead atoms. The van der Waals surface area contributed by atoms with E-state index in [4.69, 9.17) is 4.74 Å². The molecule has 148 valence electrons. The molecule has 0 radical (unpaired) electrons. The maximum atomic E-state index is 12.9. The van der Waals surface area contributed by atoms with E-state index < -0.39 is 0 Å². The Balaban J connectivity index is 1.61. The van der Waals surface area contributed by atoms with Crippen LogP contribution in [0.2, 0.25) is 0 Å². The van der Waals surface area contributed by atoms with Gasteiger partial charge in [-0.15, -0.1) is 0 Å². The molecule has 5 heteroatoms. The van der Waals surface area contributed by atoms with Gasteiger partial charge in [0, 0.05) is 36.5 Å². The van der Waals surface area contributed by atoms with Crippen molar-refractivity contribution in [3.05, 3.63) is 90.3 Å². The normalized spacial score (nSPS) is 10.4. The largest absolute Gasteiger partial charge is 0.497 e. The number of benzene rings is 2. The predicted molar refractivity (Wildman–Crippen MR) is 113 cm³/mol. The highest BCUT2D eigenvalue weighted by Crippen LogP contribution is 2.19. The van der Waals surface area contributed by atoms with Crippen LogP contribution in [0.5, 0.6) is 5.75 Å². The summed E-state index contributed by atoms with van der Waals surface area (Å²) in [6.07, 6.45) is 4.60. The van der Waals surface area contributed by atoms with Crippen LogP contribution in [0.1, 0.15) is 35.2 Å². The Morgan fingerprint density at radius 3 is 2.34 bits per heavy atom. The van der Waals surface area contributed by atoms with E-state index in [1.807, 2.05) is 42.5 Å². The van der Waals surface area contributed by atoms with E-state index in [2.05, 4.69) is 4.98 Å². The number of Topliss-reactive ketones (excluding diaryl/α,β-unsaturated/α-hetero) is 1. The maximum Gasteiger partial charge on any atom is 0.227 e. The van der Waals surface area contributed by atoms with Gasteiger partial charge in [-0.05, 0) is 54.4 Å². The molecule has 1 heterocycles. The highest BCUT2D eigenvalue weighted by atomic mass is 16.5. The zero-order chi connectivity index (χ0) is 20.5. The van der Waals surface area contributed by atoms with Crippen LogP contribution in [0.4, 0.5) is 5.69 Å². The molecule has 0 saturated heterocycles. The number of carbonyl (C=O) groups excluding carboxylic acids is 2. The first-order chi connectivity index (χ1) is 14.2. The summed E-state index contributed by atoms with van der Waals surface area (Å²) in [6.45, 7) is 0.448. The fourth-order valence-corrected chi connectivity index (χ4v) is 3.06. The standard InChI is InChI=1S/C24H24N2O3/c1-29-22-14-12-20(13-15-22)23(27)10-5-11-24(28)26(21-8-3-2-4-9-21)18-19-7-6-16-25-17-19/h2-4,6-9,12-17H,5,10-11,18H2,1H3. The number of methoxy groups -OCH3 is 1. The number of ketones is 1. The Bertz CT molecular complexity index is 925. The summed E-state index contributed by atoms with van der Waals surface area (Å²) < 4.78 is 5.11. The molecule has 0 spiro atoms. The van der Waals surface area contributed by atoms with E-state index in [0.29, 0.717) is 37.1 Å². The molecule has 0 saturated carbocycles. The maximum absolute atomic E-state index is 12.9. The molecule has 1 amide bonds. The Morgan fingerprint density at radius 2 is 1.69 bits per heavy atom. The van der Waals surface area contributed by atoms with Gasteiger partial charge in [0.05, 0.1) is 13.7 Å². The van der Waals surface area contributed by atoms with E-state index >= 15 is 0 Å². The summed E-state index contributed by atoms with van der Waals surface area (Å²) in [4.78, 5) is 31.2. The van der Waals surface area contributed by atoms with E-state index in [0.717, 1.165) is 11.3 Å². The van der Waals surface area contributed by atoms with Gasteiger partial charge < -0.3 is 9.64 Å². The van der Waals surface area contributed by atoms with Gasteiger partial charge in [0.15, 0.2) is 5.78 Å². The number of anilines is 1. The Hall–Kier alpha value is -3.47. The lowest BCUT2D eigenvalue weighted by molar-refractivity contribution is -0.118. The first-order valence-electron chi connectivity index (χ1n) is 9.59. The fraction of sp³-hybridized carbons (Fsp3) is 0.208. The van der Waals surface area contributed by atoms with Crippen molar-refractivity contribution in [2.75, 3.05) is 12.0 Å². The van der Waals surface area contributed by atoms with Crippen molar-refractivity contribution in [3.63, 3.8) is 0 Å². The highest BCUT2D eigenvalue weighted by Gasteiger charge is 2.17. The van der Waals surface area contributed by atoms with Crippen LogP contribution < -0.4 is 9.64 Å². The number of amides is 1. The lowest BCUT2D eigenvalue weighted by Crippen LogP contribution is -2.30. The monoisotopic (exact) mass is 388 g/mol. The number of rotatable bonds is 9. The molecule has 0 atom stereocenters. The lowest BCUT2D eigenvalue weighted by Gasteiger charge is -2.23. The average molecular weight is 388 g/mol. The zero-order valence-electron chi connectivity index (χ0n) is 16.5. The third kappa shape index (κ3) is 5.75. The second-order valence-corrected chi connectivity index (χ2v) is 6.68. The SMILES string of the molecule is COc1ccc(C(=O)CCCC(=O)N(Cc2cccnc2)c2ccccc2)cc1.